The Kier molecular flexibility index (Phi) is 5.17. The number of benzene rings is 1. The van der Waals surface area contributed by atoms with E-state index in [9.17, 15) is 9.59 Å². The van der Waals surface area contributed by atoms with Crippen molar-refractivity contribution >= 4 is 17.6 Å². The molecule has 104 valence electrons. The highest BCUT2D eigenvalue weighted by Gasteiger charge is 2.15. The predicted octanol–water partition coefficient (Wildman–Crippen LogP) is 0.912. The monoisotopic (exact) mass is 266 g/mol. The maximum absolute atomic E-state index is 11.6. The number of nitrogen functional groups attached to an aromatic ring is 1. The van der Waals surface area contributed by atoms with Gasteiger partial charge >= 0.3 is 5.97 Å². The highest BCUT2D eigenvalue weighted by atomic mass is 16.5. The number of carbonyl (C=O) groups is 2. The van der Waals surface area contributed by atoms with Crippen molar-refractivity contribution in [3.05, 3.63) is 23.8 Å². The quantitative estimate of drug-likeness (QED) is 0.633. The van der Waals surface area contributed by atoms with Crippen molar-refractivity contribution in [2.45, 2.75) is 6.92 Å². The third kappa shape index (κ3) is 3.87. The zero-order valence-corrected chi connectivity index (χ0v) is 11.3. The molecule has 2 N–H and O–H groups in total. The fourth-order valence-electron chi connectivity index (χ4n) is 1.36. The Morgan fingerprint density at radius 1 is 1.37 bits per heavy atom. The molecule has 6 nitrogen and oxygen atoms in total. The van der Waals surface area contributed by atoms with Gasteiger partial charge in [-0.1, -0.05) is 0 Å². The third-order valence-electron chi connectivity index (χ3n) is 2.66. The highest BCUT2D eigenvalue weighted by molar-refractivity contribution is 5.93. The number of likely N-dealkylation sites (N-methyl/N-ethyl adjacent to an activating group) is 1. The largest absolute Gasteiger partial charge is 0.483 e. The number of amides is 1. The molecule has 19 heavy (non-hydrogen) atoms. The summed E-state index contributed by atoms with van der Waals surface area (Å²) >= 11 is 0. The molecule has 6 heteroatoms. The summed E-state index contributed by atoms with van der Waals surface area (Å²) in [7, 11) is 2.95. The molecule has 0 aliphatic carbocycles. The van der Waals surface area contributed by atoms with Crippen LogP contribution in [0.3, 0.4) is 0 Å². The van der Waals surface area contributed by atoms with Crippen LogP contribution in [0, 0.1) is 0 Å². The van der Waals surface area contributed by atoms with Crippen LogP contribution in [-0.4, -0.2) is 44.1 Å². The first-order chi connectivity index (χ1) is 8.99. The minimum Gasteiger partial charge on any atom is -0.483 e. The molecule has 1 amide bonds. The van der Waals surface area contributed by atoms with E-state index in [2.05, 4.69) is 4.74 Å². The molecule has 0 aliphatic heterocycles. The van der Waals surface area contributed by atoms with Crippen molar-refractivity contribution in [2.24, 2.45) is 0 Å². The van der Waals surface area contributed by atoms with Gasteiger partial charge in [0.2, 0.25) is 0 Å². The number of rotatable bonds is 5. The minimum atomic E-state index is -0.536. The van der Waals surface area contributed by atoms with Crippen molar-refractivity contribution < 1.29 is 19.1 Å². The number of nitrogens with zero attached hydrogens (tertiary/aromatic N) is 1. The lowest BCUT2D eigenvalue weighted by molar-refractivity contribution is -0.131. The lowest BCUT2D eigenvalue weighted by Crippen LogP contribution is -2.31. The Morgan fingerprint density at radius 2 is 2.05 bits per heavy atom. The number of hydrogen-bond donors (Lipinski definition) is 1. The predicted molar refractivity (Wildman–Crippen MR) is 71.0 cm³/mol. The maximum Gasteiger partial charge on any atom is 0.341 e. The number of hydrogen-bond acceptors (Lipinski definition) is 5. The molecule has 0 fully saturated rings. The molecule has 0 unspecified atom stereocenters. The second kappa shape index (κ2) is 6.63. The lowest BCUT2D eigenvalue weighted by atomic mass is 10.2. The summed E-state index contributed by atoms with van der Waals surface area (Å²) in [5.41, 5.74) is 6.32. The van der Waals surface area contributed by atoms with Crippen LogP contribution >= 0.6 is 0 Å². The van der Waals surface area contributed by atoms with Crippen LogP contribution in [0.5, 0.6) is 5.75 Å². The van der Waals surface area contributed by atoms with Gasteiger partial charge in [0.25, 0.3) is 5.91 Å². The van der Waals surface area contributed by atoms with E-state index in [0.29, 0.717) is 12.2 Å². The van der Waals surface area contributed by atoms with Crippen molar-refractivity contribution in [2.75, 3.05) is 33.0 Å². The fraction of sp³-hybridized carbons (Fsp3) is 0.385. The van der Waals surface area contributed by atoms with Gasteiger partial charge in [0.1, 0.15) is 11.3 Å². The summed E-state index contributed by atoms with van der Waals surface area (Å²) in [6, 6.07) is 4.56. The molecule has 0 atom stereocenters. The molecular formula is C13H18N2O4. The van der Waals surface area contributed by atoms with Crippen molar-refractivity contribution in [1.29, 1.82) is 0 Å². The van der Waals surface area contributed by atoms with E-state index < -0.39 is 5.97 Å². The van der Waals surface area contributed by atoms with Crippen molar-refractivity contribution in [3.63, 3.8) is 0 Å². The van der Waals surface area contributed by atoms with Gasteiger partial charge in [0.15, 0.2) is 6.61 Å². The average Bonchev–Trinajstić information content (AvgIpc) is 2.43. The van der Waals surface area contributed by atoms with Gasteiger partial charge < -0.3 is 20.1 Å². The summed E-state index contributed by atoms with van der Waals surface area (Å²) in [4.78, 5) is 24.7. The van der Waals surface area contributed by atoms with Crippen LogP contribution in [0.1, 0.15) is 17.3 Å². The smallest absolute Gasteiger partial charge is 0.341 e. The Morgan fingerprint density at radius 3 is 2.63 bits per heavy atom. The van der Waals surface area contributed by atoms with Crippen LogP contribution < -0.4 is 10.5 Å². The Balaban J connectivity index is 2.85. The standard InChI is InChI=1S/C13H18N2O4/c1-4-15(2)12(16)8-19-11-7-9(14)5-6-10(11)13(17)18-3/h5-7H,4,8,14H2,1-3H3. The van der Waals surface area contributed by atoms with Crippen LogP contribution in [-0.2, 0) is 9.53 Å². The van der Waals surface area contributed by atoms with E-state index in [1.165, 1.54) is 24.1 Å². The maximum atomic E-state index is 11.6. The Hall–Kier alpha value is -2.24. The third-order valence-corrected chi connectivity index (χ3v) is 2.66. The second-order valence-corrected chi connectivity index (χ2v) is 3.94. The molecule has 0 bridgehead atoms. The number of anilines is 1. The molecule has 1 aromatic carbocycles. The van der Waals surface area contributed by atoms with E-state index in [1.807, 2.05) is 6.92 Å². The van der Waals surface area contributed by atoms with Gasteiger partial charge in [-0.15, -0.1) is 0 Å². The van der Waals surface area contributed by atoms with Crippen molar-refractivity contribution in [1.82, 2.24) is 4.90 Å². The fourth-order valence-corrected chi connectivity index (χ4v) is 1.36. The topological polar surface area (TPSA) is 81.9 Å². The molecule has 0 aliphatic rings. The van der Waals surface area contributed by atoms with Crippen LogP contribution in [0.2, 0.25) is 0 Å². The summed E-state index contributed by atoms with van der Waals surface area (Å²) in [6.45, 7) is 2.29. The van der Waals surface area contributed by atoms with Gasteiger partial charge in [-0.05, 0) is 19.1 Å². The molecule has 0 spiro atoms. The summed E-state index contributed by atoms with van der Waals surface area (Å²) in [5, 5.41) is 0. The second-order valence-electron chi connectivity index (χ2n) is 3.94. The van der Waals surface area contributed by atoms with E-state index in [4.69, 9.17) is 10.5 Å². The zero-order chi connectivity index (χ0) is 14.4. The van der Waals surface area contributed by atoms with Gasteiger partial charge in [0, 0.05) is 25.3 Å². The van der Waals surface area contributed by atoms with Gasteiger partial charge in [-0.2, -0.15) is 0 Å². The van der Waals surface area contributed by atoms with Gasteiger partial charge in [0.05, 0.1) is 7.11 Å². The number of carbonyl (C=O) groups excluding carboxylic acids is 2. The van der Waals surface area contributed by atoms with E-state index in [-0.39, 0.29) is 23.8 Å². The van der Waals surface area contributed by atoms with E-state index >= 15 is 0 Å². The van der Waals surface area contributed by atoms with Crippen LogP contribution in [0.25, 0.3) is 0 Å². The molecule has 0 saturated heterocycles. The van der Waals surface area contributed by atoms with Crippen LogP contribution in [0.15, 0.2) is 18.2 Å². The SMILES string of the molecule is CCN(C)C(=O)COc1cc(N)ccc1C(=O)OC. The Bertz CT molecular complexity index is 474. The molecule has 1 aromatic rings. The molecular weight excluding hydrogens is 248 g/mol. The number of esters is 1. The van der Waals surface area contributed by atoms with Gasteiger partial charge in [-0.25, -0.2) is 4.79 Å². The molecule has 0 saturated carbocycles. The number of nitrogens with two attached hydrogens (primary N) is 1. The first-order valence-corrected chi connectivity index (χ1v) is 5.84. The average molecular weight is 266 g/mol. The zero-order valence-electron chi connectivity index (χ0n) is 11.3. The first-order valence-electron chi connectivity index (χ1n) is 5.84. The van der Waals surface area contributed by atoms with Crippen molar-refractivity contribution in [3.8, 4) is 5.75 Å². The molecule has 0 radical (unpaired) electrons. The lowest BCUT2D eigenvalue weighted by Gasteiger charge is -2.16. The molecule has 0 aromatic heterocycles. The minimum absolute atomic E-state index is 0.155. The van der Waals surface area contributed by atoms with Gasteiger partial charge in [-0.3, -0.25) is 4.79 Å². The van der Waals surface area contributed by atoms with E-state index in [1.54, 1.807) is 13.1 Å². The van der Waals surface area contributed by atoms with Crippen LogP contribution in [0.4, 0.5) is 5.69 Å². The number of ether oxygens (including phenoxy) is 2. The summed E-state index contributed by atoms with van der Waals surface area (Å²) in [6.07, 6.45) is 0. The molecule has 1 rings (SSSR count). The summed E-state index contributed by atoms with van der Waals surface area (Å²) in [5.74, 6) is -0.475. The first kappa shape index (κ1) is 14.8. The molecule has 0 heterocycles. The number of methoxy groups -OCH3 is 1. The summed E-state index contributed by atoms with van der Waals surface area (Å²) < 4.78 is 9.99. The highest BCUT2D eigenvalue weighted by Crippen LogP contribution is 2.22. The van der Waals surface area contributed by atoms with E-state index in [0.717, 1.165) is 0 Å². The Labute approximate surface area is 112 Å². The normalized spacial score (nSPS) is 9.84.